The van der Waals surface area contributed by atoms with Crippen LogP contribution in [-0.2, 0) is 21.1 Å². The summed E-state index contributed by atoms with van der Waals surface area (Å²) in [5.41, 5.74) is 8.42. The van der Waals surface area contributed by atoms with E-state index in [4.69, 9.17) is 0 Å². The molecule has 1 aliphatic rings. The van der Waals surface area contributed by atoms with Gasteiger partial charge in [0.2, 0.25) is 0 Å². The first-order chi connectivity index (χ1) is 18.5. The second-order valence-corrected chi connectivity index (χ2v) is 8.96. The molecule has 0 saturated heterocycles. The Morgan fingerprint density at radius 2 is 1.10 bits per heavy atom. The normalized spacial score (nSPS) is 15.4. The number of rotatable bonds is 4. The quantitative estimate of drug-likeness (QED) is 0.212. The van der Waals surface area contributed by atoms with Gasteiger partial charge in [0.05, 0.1) is 0 Å². The molecule has 0 amide bonds. The van der Waals surface area contributed by atoms with Crippen LogP contribution in [0.25, 0.3) is 23.3 Å². The fraction of sp³-hybridized carbons (Fsp3) is 0.405. The predicted octanol–water partition coefficient (Wildman–Crippen LogP) is 12.0. The summed E-state index contributed by atoms with van der Waals surface area (Å²) in [6, 6.07) is 21.7. The molecule has 0 bridgehead atoms. The van der Waals surface area contributed by atoms with Crippen molar-refractivity contribution in [3.63, 3.8) is 0 Å². The molecule has 3 aromatic carbocycles. The summed E-state index contributed by atoms with van der Waals surface area (Å²) in [6.07, 6.45) is 9.66. The number of phenols is 1. The van der Waals surface area contributed by atoms with E-state index in [0.29, 0.717) is 5.75 Å². The summed E-state index contributed by atoms with van der Waals surface area (Å²) in [5, 5.41) is 9.83. The fourth-order valence-corrected chi connectivity index (χ4v) is 4.52. The van der Waals surface area contributed by atoms with Crippen molar-refractivity contribution in [2.75, 3.05) is 0 Å². The first kappa shape index (κ1) is 38.8. The first-order valence-corrected chi connectivity index (χ1v) is 14.7. The van der Waals surface area contributed by atoms with Gasteiger partial charge in [-0.05, 0) is 83.5 Å². The standard InChI is InChI=1S/C29H32O.3C2H6.C2H4.W/c1-20-4-9-25(10-5-20)27-14-16-28(17-15-27)26-12-7-23(8-13-26)6-11-24-18-19-29(30)22(3)21(24)2;4*1-2;/h6-8,11-20,25,30H,4-5,9-10H2,1-3H3;3*1-2H3;1-2H2;/b11-6+;;;;;. The molecule has 214 valence electrons. The molecule has 0 spiro atoms. The van der Waals surface area contributed by atoms with E-state index >= 15 is 0 Å². The number of hydrogen-bond acceptors (Lipinski definition) is 1. The van der Waals surface area contributed by atoms with Crippen LogP contribution in [0.5, 0.6) is 5.75 Å². The average molecular weight is 699 g/mol. The summed E-state index contributed by atoms with van der Waals surface area (Å²) >= 11 is 0. The second kappa shape index (κ2) is 22.4. The zero-order valence-corrected chi connectivity index (χ0v) is 29.1. The molecular weight excluding hydrogens is 644 g/mol. The van der Waals surface area contributed by atoms with Crippen molar-refractivity contribution in [3.05, 3.63) is 102 Å². The van der Waals surface area contributed by atoms with E-state index in [1.54, 1.807) is 6.07 Å². The molecule has 1 saturated carbocycles. The zero-order chi connectivity index (χ0) is 29.1. The molecule has 4 rings (SSSR count). The van der Waals surface area contributed by atoms with Crippen LogP contribution in [0.3, 0.4) is 0 Å². The molecule has 3 aromatic rings. The Bertz CT molecular complexity index is 1040. The Kier molecular flexibility index (Phi) is 22.3. The van der Waals surface area contributed by atoms with Gasteiger partial charge in [0.15, 0.2) is 0 Å². The van der Waals surface area contributed by atoms with E-state index in [2.05, 4.69) is 87.7 Å². The minimum atomic E-state index is 0. The van der Waals surface area contributed by atoms with Crippen molar-refractivity contribution in [2.24, 2.45) is 5.92 Å². The smallest absolute Gasteiger partial charge is 0.118 e. The minimum Gasteiger partial charge on any atom is -0.508 e. The third-order valence-electron chi connectivity index (χ3n) is 6.90. The first-order valence-electron chi connectivity index (χ1n) is 14.7. The van der Waals surface area contributed by atoms with Crippen molar-refractivity contribution in [3.8, 4) is 16.9 Å². The monoisotopic (exact) mass is 698 g/mol. The molecule has 2 heteroatoms. The van der Waals surface area contributed by atoms with Gasteiger partial charge in [-0.25, -0.2) is 0 Å². The maximum absolute atomic E-state index is 9.83. The van der Waals surface area contributed by atoms with Crippen LogP contribution >= 0.6 is 0 Å². The van der Waals surface area contributed by atoms with Gasteiger partial charge in [-0.3, -0.25) is 0 Å². The molecule has 0 aliphatic heterocycles. The van der Waals surface area contributed by atoms with Crippen LogP contribution in [0.1, 0.15) is 108 Å². The number of hydrogen-bond donors (Lipinski definition) is 1. The Labute approximate surface area is 255 Å². The molecule has 0 radical (unpaired) electrons. The molecular formula is C37H54OW. The number of benzene rings is 3. The topological polar surface area (TPSA) is 20.2 Å². The number of aromatic hydroxyl groups is 1. The zero-order valence-electron chi connectivity index (χ0n) is 26.2. The Morgan fingerprint density at radius 3 is 1.59 bits per heavy atom. The molecule has 0 aromatic heterocycles. The Morgan fingerprint density at radius 1 is 0.641 bits per heavy atom. The van der Waals surface area contributed by atoms with Crippen molar-refractivity contribution < 1.29 is 26.2 Å². The third-order valence-corrected chi connectivity index (χ3v) is 6.90. The van der Waals surface area contributed by atoms with E-state index in [0.717, 1.165) is 28.5 Å². The van der Waals surface area contributed by atoms with Crippen molar-refractivity contribution in [1.29, 1.82) is 0 Å². The van der Waals surface area contributed by atoms with E-state index in [1.807, 2.05) is 54.5 Å². The molecule has 0 atom stereocenters. The van der Waals surface area contributed by atoms with Crippen LogP contribution in [0, 0.1) is 19.8 Å². The van der Waals surface area contributed by atoms with Gasteiger partial charge in [-0.1, -0.05) is 128 Å². The average Bonchev–Trinajstić information content (AvgIpc) is 3.00. The Balaban J connectivity index is 0. The molecule has 1 fully saturated rings. The van der Waals surface area contributed by atoms with Crippen LogP contribution in [0.2, 0.25) is 0 Å². The molecule has 39 heavy (non-hydrogen) atoms. The van der Waals surface area contributed by atoms with Gasteiger partial charge in [0.25, 0.3) is 0 Å². The van der Waals surface area contributed by atoms with Gasteiger partial charge in [-0.15, -0.1) is 13.2 Å². The third kappa shape index (κ3) is 12.1. The SMILES string of the molecule is C=C.CC.CC.CC.Cc1c(O)ccc(/C=C/c2ccc(-c3ccc(C4CCC(C)CC4)cc3)cc2)c1C.[W]. The van der Waals surface area contributed by atoms with E-state index in [1.165, 1.54) is 47.9 Å². The maximum Gasteiger partial charge on any atom is 0.118 e. The van der Waals surface area contributed by atoms with Gasteiger partial charge >= 0.3 is 0 Å². The second-order valence-electron chi connectivity index (χ2n) is 8.96. The fourth-order valence-electron chi connectivity index (χ4n) is 4.52. The van der Waals surface area contributed by atoms with Crippen molar-refractivity contribution >= 4 is 12.2 Å². The molecule has 0 heterocycles. The van der Waals surface area contributed by atoms with Gasteiger partial charge in [-0.2, -0.15) is 0 Å². The Hall–Kier alpha value is -2.37. The summed E-state index contributed by atoms with van der Waals surface area (Å²) in [6.45, 7) is 24.4. The predicted molar refractivity (Wildman–Crippen MR) is 174 cm³/mol. The van der Waals surface area contributed by atoms with E-state index in [9.17, 15) is 5.11 Å². The van der Waals surface area contributed by atoms with Crippen LogP contribution in [0.4, 0.5) is 0 Å². The van der Waals surface area contributed by atoms with Gasteiger partial charge in [0, 0.05) is 21.1 Å². The minimum absolute atomic E-state index is 0. The van der Waals surface area contributed by atoms with E-state index < -0.39 is 0 Å². The molecule has 0 unspecified atom stereocenters. The number of phenolic OH excluding ortho intramolecular Hbond substituents is 1. The van der Waals surface area contributed by atoms with Crippen molar-refractivity contribution in [1.82, 2.24) is 0 Å². The summed E-state index contributed by atoms with van der Waals surface area (Å²) in [4.78, 5) is 0. The summed E-state index contributed by atoms with van der Waals surface area (Å²) in [5.74, 6) is 2.00. The van der Waals surface area contributed by atoms with E-state index in [-0.39, 0.29) is 21.1 Å². The molecule has 1 aliphatic carbocycles. The summed E-state index contributed by atoms with van der Waals surface area (Å²) in [7, 11) is 0. The molecule has 1 nitrogen and oxygen atoms in total. The molecule has 1 N–H and O–H groups in total. The van der Waals surface area contributed by atoms with Crippen LogP contribution < -0.4 is 0 Å². The van der Waals surface area contributed by atoms with Crippen LogP contribution in [-0.4, -0.2) is 5.11 Å². The van der Waals surface area contributed by atoms with Crippen LogP contribution in [0.15, 0.2) is 73.8 Å². The largest absolute Gasteiger partial charge is 0.508 e. The summed E-state index contributed by atoms with van der Waals surface area (Å²) < 4.78 is 0. The maximum atomic E-state index is 9.83. The van der Waals surface area contributed by atoms with Gasteiger partial charge in [0.1, 0.15) is 5.75 Å². The van der Waals surface area contributed by atoms with Gasteiger partial charge < -0.3 is 5.11 Å². The van der Waals surface area contributed by atoms with Crippen molar-refractivity contribution in [2.45, 2.75) is 93.9 Å².